The molecule has 21 heavy (non-hydrogen) atoms. The van der Waals surface area contributed by atoms with E-state index in [1.54, 1.807) is 14.2 Å². The summed E-state index contributed by atoms with van der Waals surface area (Å²) in [5.41, 5.74) is 2.93. The largest absolute Gasteiger partial charge is 0.374 e. The molecule has 120 valence electrons. The molecule has 0 fully saturated rings. The van der Waals surface area contributed by atoms with E-state index in [2.05, 4.69) is 76.5 Å². The Kier molecular flexibility index (Phi) is 5.35. The maximum Gasteiger partial charge on any atom is 0.0882 e. The fourth-order valence-electron chi connectivity index (χ4n) is 2.15. The molecule has 1 aromatic carbocycles. The first-order chi connectivity index (χ1) is 9.36. The fraction of sp³-hybridized carbons (Fsp3) is 0.667. The number of benzene rings is 1. The highest BCUT2D eigenvalue weighted by Gasteiger charge is 2.31. The highest BCUT2D eigenvalue weighted by Crippen LogP contribution is 2.41. The third kappa shape index (κ3) is 3.88. The van der Waals surface area contributed by atoms with Crippen molar-refractivity contribution < 1.29 is 9.47 Å². The number of hydrogen-bond donors (Lipinski definition) is 0. The number of methoxy groups -OCH3 is 2. The molecule has 0 aliphatic carbocycles. The Bertz CT molecular complexity index is 473. The summed E-state index contributed by atoms with van der Waals surface area (Å²) in [7, 11) is 3.49. The normalized spacial score (nSPS) is 13.6. The fourth-order valence-corrected chi connectivity index (χ4v) is 3.34. The summed E-state index contributed by atoms with van der Waals surface area (Å²) in [6, 6.07) is 4.48. The van der Waals surface area contributed by atoms with Gasteiger partial charge >= 0.3 is 0 Å². The molecule has 0 radical (unpaired) electrons. The van der Waals surface area contributed by atoms with E-state index in [0.29, 0.717) is 0 Å². The summed E-state index contributed by atoms with van der Waals surface area (Å²) in [6.07, 6.45) is 0. The summed E-state index contributed by atoms with van der Waals surface area (Å²) in [5, 5.41) is 0. The molecule has 0 N–H and O–H groups in total. The van der Waals surface area contributed by atoms with E-state index in [9.17, 15) is 0 Å². The molecule has 0 atom stereocenters. The van der Waals surface area contributed by atoms with Gasteiger partial charge in [0.05, 0.1) is 11.2 Å². The van der Waals surface area contributed by atoms with E-state index in [-0.39, 0.29) is 16.6 Å². The average Bonchev–Trinajstić information content (AvgIpc) is 2.37. The average molecular weight is 357 g/mol. The molecule has 0 aliphatic heterocycles. The quantitative estimate of drug-likeness (QED) is 0.707. The number of hydrogen-bond acceptors (Lipinski definition) is 2. The van der Waals surface area contributed by atoms with Crippen LogP contribution in [0.3, 0.4) is 0 Å². The van der Waals surface area contributed by atoms with Crippen LogP contribution in [0.25, 0.3) is 0 Å². The molecule has 2 nitrogen and oxygen atoms in total. The standard InChI is InChI=1S/C18H29BrO2/c1-16(2,3)12-10-13(17(4,5)20-8)15(19)14(11-12)18(6,7)21-9/h10-11H,1-9H3. The maximum atomic E-state index is 5.70. The van der Waals surface area contributed by atoms with Crippen molar-refractivity contribution in [3.05, 3.63) is 33.3 Å². The van der Waals surface area contributed by atoms with E-state index < -0.39 is 0 Å². The van der Waals surface area contributed by atoms with Crippen LogP contribution in [0.15, 0.2) is 16.6 Å². The molecule has 0 amide bonds. The van der Waals surface area contributed by atoms with Crippen molar-refractivity contribution in [1.29, 1.82) is 0 Å². The summed E-state index contributed by atoms with van der Waals surface area (Å²) >= 11 is 3.78. The van der Waals surface area contributed by atoms with Crippen LogP contribution >= 0.6 is 15.9 Å². The van der Waals surface area contributed by atoms with Gasteiger partial charge in [0.1, 0.15) is 0 Å². The van der Waals surface area contributed by atoms with Crippen molar-refractivity contribution in [3.63, 3.8) is 0 Å². The minimum Gasteiger partial charge on any atom is -0.374 e. The van der Waals surface area contributed by atoms with Crippen molar-refractivity contribution in [3.8, 4) is 0 Å². The lowest BCUT2D eigenvalue weighted by atomic mass is 9.80. The molecular weight excluding hydrogens is 328 g/mol. The second-order valence-electron chi connectivity index (χ2n) is 7.56. The lowest BCUT2D eigenvalue weighted by Crippen LogP contribution is -2.27. The molecule has 0 unspecified atom stereocenters. The first-order valence-electron chi connectivity index (χ1n) is 7.32. The molecule has 0 heterocycles. The van der Waals surface area contributed by atoms with Crippen LogP contribution in [0.5, 0.6) is 0 Å². The van der Waals surface area contributed by atoms with E-state index in [0.717, 1.165) is 15.6 Å². The van der Waals surface area contributed by atoms with E-state index in [4.69, 9.17) is 9.47 Å². The van der Waals surface area contributed by atoms with Gasteiger partial charge in [-0.25, -0.2) is 0 Å². The zero-order chi connectivity index (χ0) is 16.6. The Morgan fingerprint density at radius 2 is 1.10 bits per heavy atom. The third-order valence-corrected chi connectivity index (χ3v) is 5.11. The van der Waals surface area contributed by atoms with E-state index >= 15 is 0 Å². The van der Waals surface area contributed by atoms with Gasteiger partial charge in [-0.15, -0.1) is 0 Å². The monoisotopic (exact) mass is 356 g/mol. The van der Waals surface area contributed by atoms with Gasteiger partial charge in [0.15, 0.2) is 0 Å². The Morgan fingerprint density at radius 3 is 1.33 bits per heavy atom. The molecule has 0 bridgehead atoms. The van der Waals surface area contributed by atoms with E-state index in [1.807, 2.05) is 0 Å². The van der Waals surface area contributed by atoms with Crippen LogP contribution in [0.4, 0.5) is 0 Å². The molecular formula is C18H29BrO2. The van der Waals surface area contributed by atoms with Crippen LogP contribution < -0.4 is 0 Å². The van der Waals surface area contributed by atoms with Crippen LogP contribution in [0, 0.1) is 0 Å². The highest BCUT2D eigenvalue weighted by molar-refractivity contribution is 9.10. The molecule has 0 saturated carbocycles. The predicted octanol–water partition coefficient (Wildman–Crippen LogP) is 5.51. The van der Waals surface area contributed by atoms with Crippen LogP contribution in [-0.4, -0.2) is 14.2 Å². The zero-order valence-corrected chi connectivity index (χ0v) is 16.4. The molecule has 0 aromatic heterocycles. The summed E-state index contributed by atoms with van der Waals surface area (Å²) in [4.78, 5) is 0. The Morgan fingerprint density at radius 1 is 0.762 bits per heavy atom. The minimum atomic E-state index is -0.362. The summed E-state index contributed by atoms with van der Waals surface area (Å²) < 4.78 is 12.5. The predicted molar refractivity (Wildman–Crippen MR) is 92.9 cm³/mol. The lowest BCUT2D eigenvalue weighted by Gasteiger charge is -2.33. The summed E-state index contributed by atoms with van der Waals surface area (Å²) in [6.45, 7) is 15.0. The Balaban J connectivity index is 3.71. The summed E-state index contributed by atoms with van der Waals surface area (Å²) in [5.74, 6) is 0. The Hall–Kier alpha value is -0.380. The van der Waals surface area contributed by atoms with Gasteiger partial charge in [0.25, 0.3) is 0 Å². The first-order valence-corrected chi connectivity index (χ1v) is 8.11. The molecule has 0 aliphatic rings. The van der Waals surface area contributed by atoms with Gasteiger partial charge in [0.2, 0.25) is 0 Å². The number of ether oxygens (including phenoxy) is 2. The third-order valence-electron chi connectivity index (χ3n) is 4.26. The highest BCUT2D eigenvalue weighted by atomic mass is 79.9. The topological polar surface area (TPSA) is 18.5 Å². The molecule has 0 spiro atoms. The van der Waals surface area contributed by atoms with Crippen LogP contribution in [0.2, 0.25) is 0 Å². The lowest BCUT2D eigenvalue weighted by molar-refractivity contribution is 0.0120. The smallest absolute Gasteiger partial charge is 0.0882 e. The molecule has 1 aromatic rings. The van der Waals surface area contributed by atoms with Crippen molar-refractivity contribution >= 4 is 15.9 Å². The first kappa shape index (κ1) is 18.7. The number of rotatable bonds is 4. The number of halogens is 1. The van der Waals surface area contributed by atoms with Gasteiger partial charge in [-0.05, 0) is 49.8 Å². The molecule has 1 rings (SSSR count). The van der Waals surface area contributed by atoms with Crippen molar-refractivity contribution in [2.24, 2.45) is 0 Å². The zero-order valence-electron chi connectivity index (χ0n) is 14.8. The van der Waals surface area contributed by atoms with Crippen LogP contribution in [-0.2, 0) is 26.1 Å². The Labute approximate surface area is 138 Å². The second kappa shape index (κ2) is 6.02. The maximum absolute atomic E-state index is 5.70. The molecule has 0 saturated heterocycles. The van der Waals surface area contributed by atoms with Gasteiger partial charge in [-0.1, -0.05) is 48.8 Å². The SMILES string of the molecule is COC(C)(C)c1cc(C(C)(C)C)cc(C(C)(C)OC)c1Br. The van der Waals surface area contributed by atoms with Crippen molar-refractivity contribution in [2.45, 2.75) is 65.1 Å². The van der Waals surface area contributed by atoms with Gasteiger partial charge in [-0.3, -0.25) is 0 Å². The van der Waals surface area contributed by atoms with Crippen molar-refractivity contribution in [2.75, 3.05) is 14.2 Å². The van der Waals surface area contributed by atoms with Gasteiger partial charge in [-0.2, -0.15) is 0 Å². The van der Waals surface area contributed by atoms with Crippen molar-refractivity contribution in [1.82, 2.24) is 0 Å². The van der Waals surface area contributed by atoms with Gasteiger partial charge < -0.3 is 9.47 Å². The van der Waals surface area contributed by atoms with Gasteiger partial charge in [0, 0.05) is 18.7 Å². The minimum absolute atomic E-state index is 0.0673. The molecule has 3 heteroatoms. The van der Waals surface area contributed by atoms with Crippen LogP contribution in [0.1, 0.15) is 65.2 Å². The second-order valence-corrected chi connectivity index (χ2v) is 8.36. The van der Waals surface area contributed by atoms with E-state index in [1.165, 1.54) is 5.56 Å².